The first kappa shape index (κ1) is 12.9. The van der Waals surface area contributed by atoms with Crippen LogP contribution in [0.15, 0.2) is 0 Å². The molecule has 0 aromatic heterocycles. The van der Waals surface area contributed by atoms with Crippen LogP contribution in [0.5, 0.6) is 0 Å². The predicted molar refractivity (Wildman–Crippen MR) is 65.9 cm³/mol. The Morgan fingerprint density at radius 2 is 2.20 bits per heavy atom. The third kappa shape index (κ3) is 6.10. The van der Waals surface area contributed by atoms with E-state index >= 15 is 0 Å². The summed E-state index contributed by atoms with van der Waals surface area (Å²) in [6.45, 7) is 3.09. The average molecular weight is 228 g/mol. The van der Waals surface area contributed by atoms with Crippen molar-refractivity contribution in [3.8, 4) is 0 Å². The molecule has 0 aliphatic carbocycles. The number of unbranched alkanes of at least 4 members (excludes halogenated alkanes) is 3. The molecule has 88 valence electrons. The Hall–Kier alpha value is -0.153. The number of carbonyl (C=O) groups excluding carboxylic acids is 1. The molecule has 1 aliphatic heterocycles. The van der Waals surface area contributed by atoms with Gasteiger partial charge in [-0.2, -0.15) is 0 Å². The SMILES string of the molecule is CCCCCCC(=O)[SiH2]C1CCCCO1. The zero-order valence-corrected chi connectivity index (χ0v) is 11.4. The number of hydrogen-bond donors (Lipinski definition) is 0. The lowest BCUT2D eigenvalue weighted by Crippen LogP contribution is -2.30. The molecule has 1 aliphatic rings. The highest BCUT2D eigenvalue weighted by Gasteiger charge is 2.17. The third-order valence-electron chi connectivity index (χ3n) is 3.04. The van der Waals surface area contributed by atoms with Gasteiger partial charge in [0.1, 0.15) is 14.9 Å². The summed E-state index contributed by atoms with van der Waals surface area (Å²) in [5.41, 5.74) is 0.373. The molecule has 1 heterocycles. The van der Waals surface area contributed by atoms with Gasteiger partial charge in [-0.1, -0.05) is 26.2 Å². The van der Waals surface area contributed by atoms with Gasteiger partial charge in [-0.25, -0.2) is 0 Å². The van der Waals surface area contributed by atoms with Gasteiger partial charge < -0.3 is 9.53 Å². The molecule has 0 amide bonds. The monoisotopic (exact) mass is 228 g/mol. The quantitative estimate of drug-likeness (QED) is 0.493. The van der Waals surface area contributed by atoms with Crippen molar-refractivity contribution in [2.45, 2.75) is 64.0 Å². The third-order valence-corrected chi connectivity index (χ3v) is 4.95. The average Bonchev–Trinajstić information content (AvgIpc) is 2.26. The van der Waals surface area contributed by atoms with E-state index in [1.807, 2.05) is 0 Å². The van der Waals surface area contributed by atoms with Gasteiger partial charge in [-0.3, -0.25) is 0 Å². The summed E-state index contributed by atoms with van der Waals surface area (Å²) in [5.74, 6) is 0. The molecule has 0 bridgehead atoms. The van der Waals surface area contributed by atoms with Crippen molar-refractivity contribution < 1.29 is 9.53 Å². The Balaban J connectivity index is 2.01. The largest absolute Gasteiger partial charge is 0.382 e. The molecule has 0 N–H and O–H groups in total. The van der Waals surface area contributed by atoms with Crippen LogP contribution in [0.3, 0.4) is 0 Å². The molecular formula is C12H24O2Si. The van der Waals surface area contributed by atoms with Crippen LogP contribution in [-0.4, -0.2) is 27.3 Å². The summed E-state index contributed by atoms with van der Waals surface area (Å²) in [7, 11) is -0.605. The van der Waals surface area contributed by atoms with Crippen LogP contribution in [0.4, 0.5) is 0 Å². The Labute approximate surface area is 95.6 Å². The maximum absolute atomic E-state index is 11.7. The number of rotatable bonds is 7. The maximum Gasteiger partial charge on any atom is 0.134 e. The van der Waals surface area contributed by atoms with Crippen molar-refractivity contribution in [3.05, 3.63) is 0 Å². The van der Waals surface area contributed by atoms with Crippen LogP contribution in [0.1, 0.15) is 58.3 Å². The molecular weight excluding hydrogens is 204 g/mol. The van der Waals surface area contributed by atoms with Gasteiger partial charge in [-0.15, -0.1) is 0 Å². The van der Waals surface area contributed by atoms with Crippen LogP contribution in [0, 0.1) is 0 Å². The second-order valence-electron chi connectivity index (χ2n) is 4.54. The first-order valence-electron chi connectivity index (χ1n) is 6.46. The molecule has 0 radical (unpaired) electrons. The molecule has 15 heavy (non-hydrogen) atoms. The maximum atomic E-state index is 11.7. The Bertz CT molecular complexity index is 176. The van der Waals surface area contributed by atoms with Gasteiger partial charge >= 0.3 is 0 Å². The van der Waals surface area contributed by atoms with E-state index in [1.165, 1.54) is 32.1 Å². The summed E-state index contributed by atoms with van der Waals surface area (Å²) >= 11 is 0. The van der Waals surface area contributed by atoms with E-state index < -0.39 is 9.52 Å². The van der Waals surface area contributed by atoms with Crippen molar-refractivity contribution in [1.29, 1.82) is 0 Å². The summed E-state index contributed by atoms with van der Waals surface area (Å²) in [6, 6.07) is 0. The molecule has 1 saturated heterocycles. The summed E-state index contributed by atoms with van der Waals surface area (Å²) < 4.78 is 5.62. The van der Waals surface area contributed by atoms with Crippen LogP contribution in [0.25, 0.3) is 0 Å². The lowest BCUT2D eigenvalue weighted by molar-refractivity contribution is -0.112. The fourth-order valence-corrected chi connectivity index (χ4v) is 3.81. The fraction of sp³-hybridized carbons (Fsp3) is 0.917. The number of carbonyl (C=O) groups is 1. The second-order valence-corrected chi connectivity index (χ2v) is 6.65. The molecule has 0 saturated carbocycles. The fourth-order valence-electron chi connectivity index (χ4n) is 2.07. The highest BCUT2D eigenvalue weighted by atomic mass is 28.2. The number of ether oxygens (including phenoxy) is 1. The van der Waals surface area contributed by atoms with Gasteiger partial charge in [0.2, 0.25) is 0 Å². The van der Waals surface area contributed by atoms with Gasteiger partial charge in [0.25, 0.3) is 0 Å². The van der Waals surface area contributed by atoms with E-state index in [2.05, 4.69) is 6.92 Å². The van der Waals surface area contributed by atoms with Crippen molar-refractivity contribution in [3.63, 3.8) is 0 Å². The summed E-state index contributed by atoms with van der Waals surface area (Å²) in [5, 5.41) is 0.540. The van der Waals surface area contributed by atoms with E-state index in [9.17, 15) is 4.79 Å². The standard InChI is InChI=1S/C12H24O2Si/c1-2-3-4-5-8-11(13)15-12-9-6-7-10-14-12/h12H,2-10,15H2,1H3. The van der Waals surface area contributed by atoms with Gasteiger partial charge in [0.15, 0.2) is 0 Å². The molecule has 3 heteroatoms. The Morgan fingerprint density at radius 3 is 2.87 bits per heavy atom. The van der Waals surface area contributed by atoms with E-state index in [4.69, 9.17) is 4.74 Å². The minimum atomic E-state index is -0.605. The predicted octanol–water partition coefficient (Wildman–Crippen LogP) is 2.18. The molecule has 0 spiro atoms. The highest BCUT2D eigenvalue weighted by Crippen LogP contribution is 2.12. The normalized spacial score (nSPS) is 22.3. The Morgan fingerprint density at radius 1 is 1.33 bits per heavy atom. The van der Waals surface area contributed by atoms with Crippen LogP contribution in [0.2, 0.25) is 0 Å². The molecule has 1 fully saturated rings. The van der Waals surface area contributed by atoms with E-state index in [1.54, 1.807) is 0 Å². The zero-order chi connectivity index (χ0) is 10.9. The number of hydrogen-bond acceptors (Lipinski definition) is 2. The van der Waals surface area contributed by atoms with Crippen LogP contribution >= 0.6 is 0 Å². The van der Waals surface area contributed by atoms with Crippen LogP contribution in [-0.2, 0) is 9.53 Å². The molecule has 0 aromatic rings. The first-order chi connectivity index (χ1) is 7.33. The van der Waals surface area contributed by atoms with E-state index in [-0.39, 0.29) is 0 Å². The van der Waals surface area contributed by atoms with Crippen molar-refractivity contribution in [2.75, 3.05) is 6.61 Å². The smallest absolute Gasteiger partial charge is 0.134 e. The van der Waals surface area contributed by atoms with Crippen molar-refractivity contribution >= 4 is 14.9 Å². The lowest BCUT2D eigenvalue weighted by atomic mass is 10.2. The van der Waals surface area contributed by atoms with Gasteiger partial charge in [0, 0.05) is 13.0 Å². The summed E-state index contributed by atoms with van der Waals surface area (Å²) in [6.07, 6.45) is 9.27. The Kier molecular flexibility index (Phi) is 6.93. The lowest BCUT2D eigenvalue weighted by Gasteiger charge is -2.21. The highest BCUT2D eigenvalue weighted by molar-refractivity contribution is 6.74. The van der Waals surface area contributed by atoms with Gasteiger partial charge in [0.05, 0.1) is 5.73 Å². The minimum absolute atomic E-state index is 0.373. The van der Waals surface area contributed by atoms with E-state index in [0.717, 1.165) is 25.9 Å². The molecule has 2 nitrogen and oxygen atoms in total. The zero-order valence-electron chi connectivity index (χ0n) is 9.96. The first-order valence-corrected chi connectivity index (χ1v) is 7.98. The van der Waals surface area contributed by atoms with Gasteiger partial charge in [-0.05, 0) is 25.7 Å². The van der Waals surface area contributed by atoms with Crippen molar-refractivity contribution in [2.24, 2.45) is 0 Å². The second kappa shape index (κ2) is 8.05. The molecule has 1 rings (SSSR count). The van der Waals surface area contributed by atoms with Crippen molar-refractivity contribution in [1.82, 2.24) is 0 Å². The topological polar surface area (TPSA) is 26.3 Å². The molecule has 1 unspecified atom stereocenters. The molecule has 1 atom stereocenters. The summed E-state index contributed by atoms with van der Waals surface area (Å²) in [4.78, 5) is 11.7. The minimum Gasteiger partial charge on any atom is -0.382 e. The van der Waals surface area contributed by atoms with Crippen LogP contribution < -0.4 is 0 Å². The molecule has 0 aromatic carbocycles. The van der Waals surface area contributed by atoms with E-state index in [0.29, 0.717) is 11.1 Å².